The zero-order valence-corrected chi connectivity index (χ0v) is 12.3. The third-order valence-electron chi connectivity index (χ3n) is 2.85. The third kappa shape index (κ3) is 3.04. The first-order valence-electron chi connectivity index (χ1n) is 6.49. The summed E-state index contributed by atoms with van der Waals surface area (Å²) in [4.78, 5) is 14.3. The van der Waals surface area contributed by atoms with Crippen LogP contribution in [0.1, 0.15) is 41.9 Å². The van der Waals surface area contributed by atoms with Gasteiger partial charge in [-0.15, -0.1) is 11.3 Å². The predicted molar refractivity (Wildman–Crippen MR) is 79.8 cm³/mol. The van der Waals surface area contributed by atoms with E-state index in [1.165, 1.54) is 4.88 Å². The summed E-state index contributed by atoms with van der Waals surface area (Å²) in [5.41, 5.74) is 1.75. The highest BCUT2D eigenvalue weighted by molar-refractivity contribution is 7.16. The number of carbonyl (C=O) groups excluding carboxylic acids is 1. The maximum Gasteiger partial charge on any atom is 0.339 e. The van der Waals surface area contributed by atoms with E-state index in [2.05, 4.69) is 13.8 Å². The van der Waals surface area contributed by atoms with Gasteiger partial charge in [0.25, 0.3) is 0 Å². The Morgan fingerprint density at radius 2 is 1.95 bits per heavy atom. The Labute approximate surface area is 118 Å². The molecule has 100 valence electrons. The second kappa shape index (κ2) is 6.02. The van der Waals surface area contributed by atoms with Crippen molar-refractivity contribution in [3.63, 3.8) is 0 Å². The van der Waals surface area contributed by atoms with Crippen molar-refractivity contribution in [2.75, 3.05) is 6.61 Å². The Kier molecular flexibility index (Phi) is 4.38. The Morgan fingerprint density at radius 3 is 2.53 bits per heavy atom. The highest BCUT2D eigenvalue weighted by atomic mass is 32.1. The smallest absolute Gasteiger partial charge is 0.339 e. The molecule has 1 aromatic heterocycles. The lowest BCUT2D eigenvalue weighted by molar-refractivity contribution is 0.0528. The molecule has 2 aromatic rings. The van der Waals surface area contributed by atoms with Crippen molar-refractivity contribution < 1.29 is 9.53 Å². The maximum absolute atomic E-state index is 12.1. The zero-order valence-electron chi connectivity index (χ0n) is 11.5. The van der Waals surface area contributed by atoms with Gasteiger partial charge in [-0.05, 0) is 24.5 Å². The number of carbonyl (C=O) groups is 1. The molecule has 19 heavy (non-hydrogen) atoms. The molecule has 1 heterocycles. The largest absolute Gasteiger partial charge is 0.462 e. The van der Waals surface area contributed by atoms with Crippen LogP contribution in [0.3, 0.4) is 0 Å². The maximum atomic E-state index is 12.1. The first-order valence-corrected chi connectivity index (χ1v) is 7.31. The van der Waals surface area contributed by atoms with Gasteiger partial charge in [0.2, 0.25) is 0 Å². The quantitative estimate of drug-likeness (QED) is 0.754. The van der Waals surface area contributed by atoms with Crippen LogP contribution >= 0.6 is 11.3 Å². The molecule has 0 radical (unpaired) electrons. The van der Waals surface area contributed by atoms with Crippen molar-refractivity contribution in [2.45, 2.75) is 26.7 Å². The molecular formula is C16H18O2S. The fourth-order valence-corrected chi connectivity index (χ4v) is 3.01. The van der Waals surface area contributed by atoms with Gasteiger partial charge in [-0.2, -0.15) is 0 Å². The molecule has 0 saturated heterocycles. The summed E-state index contributed by atoms with van der Waals surface area (Å²) in [6.45, 7) is 6.50. The molecule has 0 fully saturated rings. The molecule has 0 amide bonds. The second-order valence-corrected chi connectivity index (χ2v) is 5.72. The van der Waals surface area contributed by atoms with Crippen molar-refractivity contribution in [2.24, 2.45) is 0 Å². The Balaban J connectivity index is 2.49. The second-order valence-electron chi connectivity index (χ2n) is 4.63. The zero-order chi connectivity index (χ0) is 13.8. The highest BCUT2D eigenvalue weighted by Crippen LogP contribution is 2.36. The molecule has 0 aliphatic carbocycles. The molecule has 3 heteroatoms. The van der Waals surface area contributed by atoms with Crippen LogP contribution in [0, 0.1) is 0 Å². The Hall–Kier alpha value is -1.61. The van der Waals surface area contributed by atoms with Crippen LogP contribution in [0.5, 0.6) is 0 Å². The van der Waals surface area contributed by atoms with Gasteiger partial charge in [-0.25, -0.2) is 4.79 Å². The number of benzene rings is 1. The topological polar surface area (TPSA) is 26.3 Å². The number of thiophene rings is 1. The van der Waals surface area contributed by atoms with Crippen molar-refractivity contribution in [3.05, 3.63) is 46.8 Å². The van der Waals surface area contributed by atoms with Crippen LogP contribution in [-0.2, 0) is 4.74 Å². The van der Waals surface area contributed by atoms with Crippen LogP contribution in [0.4, 0.5) is 0 Å². The Bertz CT molecular complexity index is 555. The molecule has 1 aromatic carbocycles. The molecule has 0 saturated carbocycles. The van der Waals surface area contributed by atoms with Gasteiger partial charge in [0.15, 0.2) is 0 Å². The van der Waals surface area contributed by atoms with E-state index < -0.39 is 0 Å². The normalized spacial score (nSPS) is 10.7. The van der Waals surface area contributed by atoms with Gasteiger partial charge in [0, 0.05) is 9.75 Å². The molecule has 0 aliphatic heterocycles. The highest BCUT2D eigenvalue weighted by Gasteiger charge is 2.19. The van der Waals surface area contributed by atoms with Crippen molar-refractivity contribution >= 4 is 17.3 Å². The number of hydrogen-bond acceptors (Lipinski definition) is 3. The third-order valence-corrected chi connectivity index (χ3v) is 4.34. The minimum Gasteiger partial charge on any atom is -0.462 e. The molecule has 0 spiro atoms. The summed E-state index contributed by atoms with van der Waals surface area (Å²) in [5.74, 6) is 0.181. The van der Waals surface area contributed by atoms with Gasteiger partial charge in [-0.3, -0.25) is 0 Å². The van der Waals surface area contributed by atoms with Crippen LogP contribution in [-0.4, -0.2) is 12.6 Å². The Morgan fingerprint density at radius 1 is 1.26 bits per heavy atom. The molecule has 0 bridgehead atoms. The van der Waals surface area contributed by atoms with Crippen LogP contribution < -0.4 is 0 Å². The van der Waals surface area contributed by atoms with Crippen LogP contribution in [0.25, 0.3) is 10.4 Å². The lowest BCUT2D eigenvalue weighted by Crippen LogP contribution is -2.04. The molecule has 0 aliphatic rings. The summed E-state index contributed by atoms with van der Waals surface area (Å²) in [6.07, 6.45) is 0. The van der Waals surface area contributed by atoms with Crippen LogP contribution in [0.2, 0.25) is 0 Å². The van der Waals surface area contributed by atoms with E-state index >= 15 is 0 Å². The predicted octanol–water partition coefficient (Wildman–Crippen LogP) is 4.72. The van der Waals surface area contributed by atoms with E-state index in [9.17, 15) is 4.79 Å². The summed E-state index contributed by atoms with van der Waals surface area (Å²) < 4.78 is 5.15. The van der Waals surface area contributed by atoms with E-state index in [1.54, 1.807) is 11.3 Å². The summed E-state index contributed by atoms with van der Waals surface area (Å²) in [6, 6.07) is 12.0. The average molecular weight is 274 g/mol. The van der Waals surface area contributed by atoms with Gasteiger partial charge in [0.05, 0.1) is 12.2 Å². The summed E-state index contributed by atoms with van der Waals surface area (Å²) >= 11 is 1.67. The monoisotopic (exact) mass is 274 g/mol. The van der Waals surface area contributed by atoms with E-state index in [0.717, 1.165) is 10.4 Å². The number of ether oxygens (including phenoxy) is 1. The molecule has 0 unspecified atom stereocenters. The first kappa shape index (κ1) is 13.8. The van der Waals surface area contributed by atoms with E-state index in [1.807, 2.05) is 43.3 Å². The van der Waals surface area contributed by atoms with Crippen molar-refractivity contribution in [3.8, 4) is 10.4 Å². The lowest BCUT2D eigenvalue weighted by Gasteiger charge is -2.03. The minimum absolute atomic E-state index is 0.232. The van der Waals surface area contributed by atoms with Gasteiger partial charge < -0.3 is 4.74 Å². The van der Waals surface area contributed by atoms with Gasteiger partial charge in [-0.1, -0.05) is 44.2 Å². The fraction of sp³-hybridized carbons (Fsp3) is 0.312. The van der Waals surface area contributed by atoms with Crippen molar-refractivity contribution in [1.82, 2.24) is 0 Å². The standard InChI is InChI=1S/C16H18O2S/c1-4-18-16(17)13-10-14(11(2)3)19-15(13)12-8-6-5-7-9-12/h5-11H,4H2,1-3H3. The van der Waals surface area contributed by atoms with E-state index in [4.69, 9.17) is 4.74 Å². The average Bonchev–Trinajstić information content (AvgIpc) is 2.85. The van der Waals surface area contributed by atoms with E-state index in [-0.39, 0.29) is 5.97 Å². The van der Waals surface area contributed by atoms with Crippen LogP contribution in [0.15, 0.2) is 36.4 Å². The number of rotatable bonds is 4. The van der Waals surface area contributed by atoms with Gasteiger partial charge in [0.1, 0.15) is 0 Å². The molecule has 2 nitrogen and oxygen atoms in total. The SMILES string of the molecule is CCOC(=O)c1cc(C(C)C)sc1-c1ccccc1. The van der Waals surface area contributed by atoms with Gasteiger partial charge >= 0.3 is 5.97 Å². The van der Waals surface area contributed by atoms with E-state index in [0.29, 0.717) is 18.1 Å². The fourth-order valence-electron chi connectivity index (χ4n) is 1.86. The lowest BCUT2D eigenvalue weighted by atomic mass is 10.1. The summed E-state index contributed by atoms with van der Waals surface area (Å²) in [5, 5.41) is 0. The van der Waals surface area contributed by atoms with Crippen molar-refractivity contribution in [1.29, 1.82) is 0 Å². The molecule has 0 N–H and O–H groups in total. The molecular weight excluding hydrogens is 256 g/mol. The minimum atomic E-state index is -0.232. The first-order chi connectivity index (χ1) is 9.13. The number of hydrogen-bond donors (Lipinski definition) is 0. The molecule has 2 rings (SSSR count). The number of esters is 1. The molecule has 0 atom stereocenters. The summed E-state index contributed by atoms with van der Waals surface area (Å²) in [7, 11) is 0.